The van der Waals surface area contributed by atoms with Gasteiger partial charge in [-0.3, -0.25) is 14.4 Å². The average molecular weight is 522 g/mol. The van der Waals surface area contributed by atoms with Crippen LogP contribution in [0.4, 0.5) is 4.79 Å². The van der Waals surface area contributed by atoms with Crippen LogP contribution in [0.25, 0.3) is 0 Å². The maximum atomic E-state index is 13.8. The molecule has 3 unspecified atom stereocenters. The largest absolute Gasteiger partial charge is 0.507 e. The van der Waals surface area contributed by atoms with E-state index in [9.17, 15) is 24.3 Å². The Hall–Kier alpha value is -3.30. The van der Waals surface area contributed by atoms with Gasteiger partial charge in [0.05, 0.1) is 7.11 Å². The van der Waals surface area contributed by atoms with Crippen LogP contribution >= 0.6 is 0 Å². The molecule has 0 saturated carbocycles. The van der Waals surface area contributed by atoms with Crippen molar-refractivity contribution in [3.8, 4) is 5.75 Å². The third-order valence-electron chi connectivity index (χ3n) is 5.72. The smallest absolute Gasteiger partial charge is 0.408 e. The van der Waals surface area contributed by atoms with Crippen LogP contribution in [0, 0.1) is 12.8 Å². The van der Waals surface area contributed by atoms with Gasteiger partial charge in [0, 0.05) is 11.6 Å². The van der Waals surface area contributed by atoms with E-state index in [4.69, 9.17) is 4.74 Å². The van der Waals surface area contributed by atoms with Crippen LogP contribution in [0.2, 0.25) is 0 Å². The summed E-state index contributed by atoms with van der Waals surface area (Å²) in [6.07, 6.45) is 0.568. The minimum Gasteiger partial charge on any atom is -0.507 e. The van der Waals surface area contributed by atoms with Crippen LogP contribution in [0.1, 0.15) is 78.5 Å². The SMILES string of the molecule is COC(=O)CNC(=O)C(c1cccc(C)c1O)N(C(=O)C(C)NC(=O)OC(C)(C)C)C(C)CCC(C)C. The van der Waals surface area contributed by atoms with Crippen molar-refractivity contribution in [1.82, 2.24) is 15.5 Å². The molecular formula is C27H43N3O7. The number of rotatable bonds is 11. The number of aromatic hydroxyl groups is 1. The van der Waals surface area contributed by atoms with Crippen molar-refractivity contribution in [2.24, 2.45) is 5.92 Å². The standard InChI is InChI=1S/C27H43N3O7/c1-16(2)13-14-18(4)30(25(34)19(5)29-26(35)37-27(6,7)8)22(24(33)28-15-21(31)36-9)20-12-10-11-17(3)23(20)32/h10-12,16,18-19,22,32H,13-15H2,1-9H3,(H,28,33)(H,29,35). The number of phenols is 1. The van der Waals surface area contributed by atoms with Crippen molar-refractivity contribution < 1.29 is 33.8 Å². The number of nitrogens with zero attached hydrogens (tertiary/aromatic N) is 1. The number of benzene rings is 1. The summed E-state index contributed by atoms with van der Waals surface area (Å²) < 4.78 is 9.92. The molecule has 0 fully saturated rings. The molecule has 1 aromatic carbocycles. The number of hydrogen-bond donors (Lipinski definition) is 3. The molecule has 208 valence electrons. The monoisotopic (exact) mass is 521 g/mol. The van der Waals surface area contributed by atoms with Gasteiger partial charge >= 0.3 is 12.1 Å². The van der Waals surface area contributed by atoms with Gasteiger partial charge in [-0.1, -0.05) is 32.0 Å². The van der Waals surface area contributed by atoms with Crippen LogP contribution in [-0.4, -0.2) is 65.2 Å². The van der Waals surface area contributed by atoms with Crippen LogP contribution in [0.15, 0.2) is 18.2 Å². The topological polar surface area (TPSA) is 134 Å². The molecule has 0 aliphatic rings. The van der Waals surface area contributed by atoms with Crippen molar-refractivity contribution in [3.05, 3.63) is 29.3 Å². The minimum atomic E-state index is -1.28. The van der Waals surface area contributed by atoms with Gasteiger partial charge in [0.1, 0.15) is 30.0 Å². The second kappa shape index (κ2) is 13.9. The van der Waals surface area contributed by atoms with Gasteiger partial charge in [0.2, 0.25) is 11.8 Å². The van der Waals surface area contributed by atoms with Gasteiger partial charge in [-0.2, -0.15) is 0 Å². The van der Waals surface area contributed by atoms with Crippen LogP contribution in [-0.2, 0) is 23.9 Å². The highest BCUT2D eigenvalue weighted by Crippen LogP contribution is 2.34. The van der Waals surface area contributed by atoms with E-state index in [1.54, 1.807) is 45.9 Å². The Labute approximate surface area is 220 Å². The van der Waals surface area contributed by atoms with Crippen LogP contribution < -0.4 is 10.6 Å². The number of ether oxygens (including phenoxy) is 2. The number of alkyl carbamates (subject to hydrolysis) is 1. The first-order valence-electron chi connectivity index (χ1n) is 12.5. The summed E-state index contributed by atoms with van der Waals surface area (Å²) in [5.41, 5.74) is -0.0391. The summed E-state index contributed by atoms with van der Waals surface area (Å²) >= 11 is 0. The molecule has 3 atom stereocenters. The van der Waals surface area contributed by atoms with Crippen molar-refractivity contribution in [1.29, 1.82) is 0 Å². The molecule has 0 bridgehead atoms. The summed E-state index contributed by atoms with van der Waals surface area (Å²) in [6.45, 7) is 13.8. The molecule has 1 rings (SSSR count). The van der Waals surface area contributed by atoms with Crippen molar-refractivity contribution in [3.63, 3.8) is 0 Å². The van der Waals surface area contributed by atoms with Gasteiger partial charge in [-0.05, 0) is 65.9 Å². The quantitative estimate of drug-likeness (QED) is 0.379. The number of aryl methyl sites for hydroxylation is 1. The highest BCUT2D eigenvalue weighted by molar-refractivity contribution is 5.93. The Kier molecular flexibility index (Phi) is 11.9. The average Bonchev–Trinajstić information content (AvgIpc) is 2.79. The first kappa shape index (κ1) is 31.7. The predicted molar refractivity (Wildman–Crippen MR) is 140 cm³/mol. The molecule has 37 heavy (non-hydrogen) atoms. The van der Waals surface area contributed by atoms with Crippen LogP contribution in [0.3, 0.4) is 0 Å². The van der Waals surface area contributed by atoms with Gasteiger partial charge in [-0.25, -0.2) is 4.79 Å². The Bertz CT molecular complexity index is 956. The highest BCUT2D eigenvalue weighted by atomic mass is 16.6. The zero-order valence-electron chi connectivity index (χ0n) is 23.5. The first-order valence-corrected chi connectivity index (χ1v) is 12.5. The molecule has 3 amide bonds. The Morgan fingerprint density at radius 1 is 1.05 bits per heavy atom. The van der Waals surface area contributed by atoms with Crippen molar-refractivity contribution in [2.75, 3.05) is 13.7 Å². The van der Waals surface area contributed by atoms with Crippen LogP contribution in [0.5, 0.6) is 5.75 Å². The molecule has 0 spiro atoms. The Balaban J connectivity index is 3.53. The fraction of sp³-hybridized carbons (Fsp3) is 0.630. The summed E-state index contributed by atoms with van der Waals surface area (Å²) in [6, 6.07) is 2.15. The number of phenolic OH excluding ortho intramolecular Hbond substituents is 1. The maximum Gasteiger partial charge on any atom is 0.408 e. The number of amides is 3. The van der Waals surface area contributed by atoms with E-state index in [1.165, 1.54) is 18.9 Å². The molecular weight excluding hydrogens is 478 g/mol. The van der Waals surface area contributed by atoms with E-state index in [0.717, 1.165) is 6.42 Å². The molecule has 3 N–H and O–H groups in total. The number of nitrogens with one attached hydrogen (secondary N) is 2. The Morgan fingerprint density at radius 3 is 2.22 bits per heavy atom. The fourth-order valence-corrected chi connectivity index (χ4v) is 3.73. The zero-order valence-corrected chi connectivity index (χ0v) is 23.5. The molecule has 0 saturated heterocycles. The van der Waals surface area contributed by atoms with E-state index in [1.807, 2.05) is 6.92 Å². The molecule has 1 aromatic rings. The number of carbonyl (C=O) groups is 4. The van der Waals surface area contributed by atoms with Crippen molar-refractivity contribution >= 4 is 23.9 Å². The van der Waals surface area contributed by atoms with E-state index in [2.05, 4.69) is 29.2 Å². The molecule has 10 nitrogen and oxygen atoms in total. The maximum absolute atomic E-state index is 13.8. The molecule has 0 aliphatic carbocycles. The third kappa shape index (κ3) is 9.93. The predicted octanol–water partition coefficient (Wildman–Crippen LogP) is 3.60. The number of methoxy groups -OCH3 is 1. The van der Waals surface area contributed by atoms with E-state index < -0.39 is 54.1 Å². The second-order valence-electron chi connectivity index (χ2n) is 10.6. The number of para-hydroxylation sites is 1. The lowest BCUT2D eigenvalue weighted by Gasteiger charge is -2.38. The van der Waals surface area contributed by atoms with Crippen molar-refractivity contribution in [2.45, 2.75) is 92.0 Å². The number of hydrogen-bond acceptors (Lipinski definition) is 7. The zero-order chi connectivity index (χ0) is 28.5. The molecule has 0 radical (unpaired) electrons. The van der Waals surface area contributed by atoms with E-state index in [-0.39, 0.29) is 11.3 Å². The molecule has 0 aliphatic heterocycles. The molecule has 0 heterocycles. The van der Waals surface area contributed by atoms with Gasteiger partial charge in [0.15, 0.2) is 0 Å². The summed E-state index contributed by atoms with van der Waals surface area (Å²) in [7, 11) is 1.20. The fourth-order valence-electron chi connectivity index (χ4n) is 3.73. The van der Waals surface area contributed by atoms with Gasteiger partial charge in [-0.15, -0.1) is 0 Å². The lowest BCUT2D eigenvalue weighted by Crippen LogP contribution is -2.55. The first-order chi connectivity index (χ1) is 17.1. The Morgan fingerprint density at radius 2 is 1.68 bits per heavy atom. The molecule has 10 heteroatoms. The lowest BCUT2D eigenvalue weighted by atomic mass is 9.95. The minimum absolute atomic E-state index is 0.137. The summed E-state index contributed by atoms with van der Waals surface area (Å²) in [5.74, 6) is -1.66. The summed E-state index contributed by atoms with van der Waals surface area (Å²) in [5, 5.41) is 15.9. The normalized spacial score (nSPS) is 13.8. The summed E-state index contributed by atoms with van der Waals surface area (Å²) in [4.78, 5) is 52.8. The van der Waals surface area contributed by atoms with E-state index >= 15 is 0 Å². The van der Waals surface area contributed by atoms with Gasteiger partial charge < -0.3 is 30.1 Å². The van der Waals surface area contributed by atoms with E-state index in [0.29, 0.717) is 17.9 Å². The number of esters is 1. The van der Waals surface area contributed by atoms with Gasteiger partial charge in [0.25, 0.3) is 0 Å². The third-order valence-corrected chi connectivity index (χ3v) is 5.72. The second-order valence-corrected chi connectivity index (χ2v) is 10.6. The molecule has 0 aromatic heterocycles. The lowest BCUT2D eigenvalue weighted by molar-refractivity contribution is -0.146. The number of carbonyl (C=O) groups excluding carboxylic acids is 4. The highest BCUT2D eigenvalue weighted by Gasteiger charge is 2.39.